The van der Waals surface area contributed by atoms with E-state index < -0.39 is 23.1 Å². The average Bonchev–Trinajstić information content (AvgIpc) is 3.16. The summed E-state index contributed by atoms with van der Waals surface area (Å²) in [5.41, 5.74) is 1.99. The zero-order chi connectivity index (χ0) is 28.2. The highest BCUT2D eigenvalue weighted by Gasteiger charge is 2.21. The first-order valence-electron chi connectivity index (χ1n) is 12.4. The lowest BCUT2D eigenvalue weighted by molar-refractivity contribution is 0.0956. The molecule has 0 atom stereocenters. The zero-order valence-electron chi connectivity index (χ0n) is 21.7. The number of nitrogens with zero attached hydrogens (tertiary/aromatic N) is 5. The summed E-state index contributed by atoms with van der Waals surface area (Å²) >= 11 is 0. The maximum Gasteiger partial charge on any atom is 0.280 e. The van der Waals surface area contributed by atoms with Gasteiger partial charge in [-0.15, -0.1) is 0 Å². The molecule has 0 aliphatic rings. The van der Waals surface area contributed by atoms with Crippen LogP contribution >= 0.6 is 0 Å². The Morgan fingerprint density at radius 3 is 2.67 bits per heavy atom. The number of rotatable bonds is 8. The predicted octanol–water partition coefficient (Wildman–Crippen LogP) is 4.35. The Morgan fingerprint density at radius 2 is 1.90 bits per heavy atom. The van der Waals surface area contributed by atoms with E-state index in [2.05, 4.69) is 25.6 Å². The van der Waals surface area contributed by atoms with Gasteiger partial charge >= 0.3 is 0 Å². The van der Waals surface area contributed by atoms with Gasteiger partial charge in [0.25, 0.3) is 11.5 Å². The molecule has 0 bridgehead atoms. The minimum absolute atomic E-state index is 0.00328. The number of carbonyl (C=O) groups is 1. The normalized spacial score (nSPS) is 11.3. The van der Waals surface area contributed by atoms with E-state index in [0.717, 1.165) is 28.6 Å². The topological polar surface area (TPSA) is 107 Å². The van der Waals surface area contributed by atoms with Crippen LogP contribution in [0.4, 0.5) is 20.5 Å². The molecule has 0 radical (unpaired) electrons. The molecule has 11 heteroatoms. The molecule has 0 saturated carbocycles. The summed E-state index contributed by atoms with van der Waals surface area (Å²) in [6.07, 6.45) is 7.02. The summed E-state index contributed by atoms with van der Waals surface area (Å²) in [5.74, 6) is -1.39. The molecule has 3 heterocycles. The summed E-state index contributed by atoms with van der Waals surface area (Å²) in [4.78, 5) is 38.9. The summed E-state index contributed by atoms with van der Waals surface area (Å²) < 4.78 is 29.7. The van der Waals surface area contributed by atoms with Crippen LogP contribution in [0.3, 0.4) is 0 Å². The molecule has 5 aromatic rings. The van der Waals surface area contributed by atoms with Crippen molar-refractivity contribution in [2.45, 2.75) is 13.5 Å². The number of fused-ring (bicyclic) bond motifs is 1. The number of benzene rings is 2. The van der Waals surface area contributed by atoms with Crippen molar-refractivity contribution in [2.75, 3.05) is 11.9 Å². The molecule has 5 rings (SSSR count). The van der Waals surface area contributed by atoms with E-state index in [1.54, 1.807) is 32.4 Å². The van der Waals surface area contributed by atoms with Crippen molar-refractivity contribution in [1.29, 1.82) is 0 Å². The Morgan fingerprint density at radius 1 is 1.05 bits per heavy atom. The third kappa shape index (κ3) is 5.63. The van der Waals surface area contributed by atoms with Crippen LogP contribution in [0, 0.1) is 18.6 Å². The van der Waals surface area contributed by atoms with E-state index in [9.17, 15) is 18.4 Å². The molecule has 0 spiro atoms. The fourth-order valence-corrected chi connectivity index (χ4v) is 4.22. The van der Waals surface area contributed by atoms with Gasteiger partial charge < -0.3 is 10.6 Å². The Hall–Kier alpha value is -5.19. The molecule has 3 aromatic heterocycles. The SMILES string of the molecule is Cc1c(C(=O)NC/C=C/c2ccc3nc(Nc4ccccn4)ncc3c2)c(=O)n(Cc2ccc(F)c(F)c2)n1C. The van der Waals surface area contributed by atoms with Crippen molar-refractivity contribution in [3.8, 4) is 0 Å². The number of aromatic nitrogens is 5. The maximum atomic E-state index is 13.6. The van der Waals surface area contributed by atoms with Gasteiger partial charge in [0.15, 0.2) is 11.6 Å². The van der Waals surface area contributed by atoms with E-state index in [4.69, 9.17) is 0 Å². The lowest BCUT2D eigenvalue weighted by Gasteiger charge is -2.08. The largest absolute Gasteiger partial charge is 0.348 e. The van der Waals surface area contributed by atoms with Gasteiger partial charge in [-0.1, -0.05) is 30.4 Å². The molecule has 1 amide bonds. The Balaban J connectivity index is 1.23. The molecule has 40 heavy (non-hydrogen) atoms. The van der Waals surface area contributed by atoms with Crippen LogP contribution in [-0.4, -0.2) is 36.8 Å². The van der Waals surface area contributed by atoms with Crippen LogP contribution < -0.4 is 16.2 Å². The molecular formula is C29H25F2N7O2. The number of pyridine rings is 1. The number of hydrogen-bond donors (Lipinski definition) is 2. The number of carbonyl (C=O) groups excluding carboxylic acids is 1. The Kier molecular flexibility index (Phi) is 7.45. The predicted molar refractivity (Wildman–Crippen MR) is 148 cm³/mol. The number of amides is 1. The van der Waals surface area contributed by atoms with Crippen molar-refractivity contribution in [1.82, 2.24) is 29.6 Å². The minimum Gasteiger partial charge on any atom is -0.348 e. The molecule has 0 unspecified atom stereocenters. The highest BCUT2D eigenvalue weighted by molar-refractivity contribution is 5.95. The summed E-state index contributed by atoms with van der Waals surface area (Å²) in [6, 6.07) is 14.7. The second kappa shape index (κ2) is 11.3. The van der Waals surface area contributed by atoms with Gasteiger partial charge in [-0.3, -0.25) is 14.3 Å². The van der Waals surface area contributed by atoms with Gasteiger partial charge in [-0.25, -0.2) is 28.4 Å². The van der Waals surface area contributed by atoms with Crippen molar-refractivity contribution in [3.63, 3.8) is 0 Å². The fraction of sp³-hybridized carbons (Fsp3) is 0.138. The Bertz CT molecular complexity index is 1800. The van der Waals surface area contributed by atoms with Gasteiger partial charge in [-0.05, 0) is 54.4 Å². The zero-order valence-corrected chi connectivity index (χ0v) is 21.7. The molecule has 0 aliphatic carbocycles. The second-order valence-corrected chi connectivity index (χ2v) is 9.06. The van der Waals surface area contributed by atoms with E-state index in [1.165, 1.54) is 15.4 Å². The van der Waals surface area contributed by atoms with Crippen LogP contribution in [0.15, 0.2) is 77.9 Å². The third-order valence-electron chi connectivity index (χ3n) is 6.40. The molecule has 2 aromatic carbocycles. The molecule has 0 fully saturated rings. The second-order valence-electron chi connectivity index (χ2n) is 9.06. The van der Waals surface area contributed by atoms with Gasteiger partial charge in [0.2, 0.25) is 5.95 Å². The standard InChI is InChI=1S/C29H25F2N7O2/c1-18-26(28(40)38(37(18)2)17-20-8-10-22(30)23(31)15-20)27(39)33-13-5-6-19-9-11-24-21(14-19)16-34-29(35-24)36-25-7-3-4-12-32-25/h3-12,14-16H,13,17H2,1-2H3,(H,33,39)(H,32,34,35,36)/b6-5+. The molecular weight excluding hydrogens is 516 g/mol. The van der Waals surface area contributed by atoms with E-state index in [-0.39, 0.29) is 18.7 Å². The first-order chi connectivity index (χ1) is 19.3. The molecule has 9 nitrogen and oxygen atoms in total. The molecule has 2 N–H and O–H groups in total. The lowest BCUT2D eigenvalue weighted by atomic mass is 10.1. The van der Waals surface area contributed by atoms with Crippen LogP contribution in [-0.2, 0) is 13.6 Å². The Labute approximate surface area is 227 Å². The monoisotopic (exact) mass is 541 g/mol. The fourth-order valence-electron chi connectivity index (χ4n) is 4.22. The lowest BCUT2D eigenvalue weighted by Crippen LogP contribution is -2.31. The first kappa shape index (κ1) is 26.4. The van der Waals surface area contributed by atoms with Gasteiger partial charge in [0.05, 0.1) is 12.1 Å². The number of halogens is 2. The highest BCUT2D eigenvalue weighted by Crippen LogP contribution is 2.18. The smallest absolute Gasteiger partial charge is 0.280 e. The minimum atomic E-state index is -0.998. The van der Waals surface area contributed by atoms with Gasteiger partial charge in [0, 0.05) is 37.1 Å². The quantitative estimate of drug-likeness (QED) is 0.303. The average molecular weight is 542 g/mol. The van der Waals surface area contributed by atoms with E-state index in [0.29, 0.717) is 23.0 Å². The van der Waals surface area contributed by atoms with E-state index in [1.807, 2.05) is 42.5 Å². The van der Waals surface area contributed by atoms with Crippen molar-refractivity contribution in [2.24, 2.45) is 7.05 Å². The molecule has 0 saturated heterocycles. The first-order valence-corrected chi connectivity index (χ1v) is 12.4. The summed E-state index contributed by atoms with van der Waals surface area (Å²) in [5, 5.41) is 6.65. The van der Waals surface area contributed by atoms with Gasteiger partial charge in [0.1, 0.15) is 11.4 Å². The number of nitrogens with one attached hydrogen (secondary N) is 2. The van der Waals surface area contributed by atoms with Gasteiger partial charge in [-0.2, -0.15) is 0 Å². The molecule has 0 aliphatic heterocycles. The third-order valence-corrected chi connectivity index (χ3v) is 6.40. The van der Waals surface area contributed by atoms with Crippen molar-refractivity contribution < 1.29 is 13.6 Å². The van der Waals surface area contributed by atoms with Crippen LogP contribution in [0.2, 0.25) is 0 Å². The molecule has 202 valence electrons. The van der Waals surface area contributed by atoms with Crippen molar-refractivity contribution >= 4 is 34.7 Å². The number of anilines is 2. The van der Waals surface area contributed by atoms with Crippen molar-refractivity contribution in [3.05, 3.63) is 117 Å². The number of hydrogen-bond acceptors (Lipinski definition) is 6. The van der Waals surface area contributed by atoms with E-state index >= 15 is 0 Å². The summed E-state index contributed by atoms with van der Waals surface area (Å²) in [7, 11) is 1.63. The van der Waals surface area contributed by atoms with Crippen LogP contribution in [0.1, 0.15) is 27.2 Å². The van der Waals surface area contributed by atoms with Crippen LogP contribution in [0.25, 0.3) is 17.0 Å². The maximum absolute atomic E-state index is 13.6. The summed E-state index contributed by atoms with van der Waals surface area (Å²) in [6.45, 7) is 1.84. The van der Waals surface area contributed by atoms with Crippen LogP contribution in [0.5, 0.6) is 0 Å². The highest BCUT2D eigenvalue weighted by atomic mass is 19.2.